The molecule has 4 nitrogen and oxygen atoms in total. The topological polar surface area (TPSA) is 78.5 Å². The van der Waals surface area contributed by atoms with E-state index in [4.69, 9.17) is 15.9 Å². The minimum absolute atomic E-state index is 0.0844. The summed E-state index contributed by atoms with van der Waals surface area (Å²) >= 11 is 0. The molecular formula is C6H16N2O2. The second kappa shape index (κ2) is 4.62. The second-order valence-corrected chi connectivity index (χ2v) is 2.61. The zero-order valence-electron chi connectivity index (χ0n) is 6.41. The van der Waals surface area contributed by atoms with Crippen molar-refractivity contribution in [3.8, 4) is 0 Å². The lowest BCUT2D eigenvalue weighted by atomic mass is 10.2. The molecule has 2 unspecified atom stereocenters. The van der Waals surface area contributed by atoms with Crippen LogP contribution in [0.15, 0.2) is 0 Å². The van der Waals surface area contributed by atoms with Crippen LogP contribution in [0.5, 0.6) is 0 Å². The van der Waals surface area contributed by atoms with Gasteiger partial charge in [0.05, 0.1) is 0 Å². The molecule has 0 bridgehead atoms. The summed E-state index contributed by atoms with van der Waals surface area (Å²) in [6.07, 6.45) is -1.49. The molecule has 62 valence electrons. The van der Waals surface area contributed by atoms with Gasteiger partial charge < -0.3 is 15.9 Å². The van der Waals surface area contributed by atoms with Crippen LogP contribution in [-0.2, 0) is 0 Å². The Bertz CT molecular complexity index is 87.8. The second-order valence-electron chi connectivity index (χ2n) is 2.61. The van der Waals surface area contributed by atoms with E-state index in [1.165, 1.54) is 0 Å². The van der Waals surface area contributed by atoms with Crippen LogP contribution in [0.2, 0.25) is 0 Å². The number of hydrogen-bond acceptors (Lipinski definition) is 4. The van der Waals surface area contributed by atoms with Gasteiger partial charge in [-0.1, -0.05) is 13.8 Å². The third kappa shape index (κ3) is 3.79. The lowest BCUT2D eigenvalue weighted by molar-refractivity contribution is 0.0210. The summed E-state index contributed by atoms with van der Waals surface area (Å²) in [6.45, 7) is 3.81. The molecule has 0 fully saturated rings. The molecule has 0 amide bonds. The maximum Gasteiger partial charge on any atom is 0.119 e. The SMILES string of the molecule is CC(C)C(O)NC(O)CN. The lowest BCUT2D eigenvalue weighted by Crippen LogP contribution is -2.44. The van der Waals surface area contributed by atoms with E-state index < -0.39 is 12.5 Å². The van der Waals surface area contributed by atoms with E-state index in [9.17, 15) is 0 Å². The number of aliphatic hydroxyl groups excluding tert-OH is 2. The highest BCUT2D eigenvalue weighted by atomic mass is 16.3. The fourth-order valence-electron chi connectivity index (χ4n) is 0.458. The molecule has 0 saturated carbocycles. The Balaban J connectivity index is 3.46. The van der Waals surface area contributed by atoms with Crippen molar-refractivity contribution in [2.24, 2.45) is 11.7 Å². The third-order valence-corrected chi connectivity index (χ3v) is 1.22. The van der Waals surface area contributed by atoms with E-state index in [0.717, 1.165) is 0 Å². The summed E-state index contributed by atoms with van der Waals surface area (Å²) in [6, 6.07) is 0. The maximum atomic E-state index is 9.10. The van der Waals surface area contributed by atoms with Gasteiger partial charge in [0.2, 0.25) is 0 Å². The van der Waals surface area contributed by atoms with E-state index >= 15 is 0 Å². The number of aliphatic hydroxyl groups is 2. The molecule has 0 spiro atoms. The molecule has 0 aliphatic carbocycles. The molecular weight excluding hydrogens is 132 g/mol. The number of rotatable bonds is 4. The number of nitrogens with one attached hydrogen (secondary N) is 1. The fraction of sp³-hybridized carbons (Fsp3) is 1.00. The van der Waals surface area contributed by atoms with E-state index in [0.29, 0.717) is 0 Å². The minimum Gasteiger partial charge on any atom is -0.378 e. The van der Waals surface area contributed by atoms with E-state index in [1.54, 1.807) is 0 Å². The molecule has 10 heavy (non-hydrogen) atoms. The molecule has 5 N–H and O–H groups in total. The zero-order chi connectivity index (χ0) is 8.15. The summed E-state index contributed by atoms with van der Waals surface area (Å²) in [4.78, 5) is 0. The van der Waals surface area contributed by atoms with Crippen molar-refractivity contribution in [1.82, 2.24) is 5.32 Å². The highest BCUT2D eigenvalue weighted by Crippen LogP contribution is 1.96. The summed E-state index contributed by atoms with van der Waals surface area (Å²) in [5.74, 6) is 0.0844. The molecule has 0 aliphatic rings. The molecule has 0 saturated heterocycles. The third-order valence-electron chi connectivity index (χ3n) is 1.22. The Kier molecular flexibility index (Phi) is 4.55. The molecule has 0 rings (SSSR count). The Morgan fingerprint density at radius 2 is 1.90 bits per heavy atom. The fourth-order valence-corrected chi connectivity index (χ4v) is 0.458. The van der Waals surface area contributed by atoms with Crippen LogP contribution in [-0.4, -0.2) is 29.2 Å². The van der Waals surface area contributed by atoms with Gasteiger partial charge in [-0.25, -0.2) is 0 Å². The first-order chi connectivity index (χ1) is 4.57. The Morgan fingerprint density at radius 3 is 2.20 bits per heavy atom. The van der Waals surface area contributed by atoms with Crippen LogP contribution >= 0.6 is 0 Å². The highest BCUT2D eigenvalue weighted by Gasteiger charge is 2.11. The smallest absolute Gasteiger partial charge is 0.119 e. The summed E-state index contributed by atoms with van der Waals surface area (Å²) in [5, 5.41) is 20.5. The van der Waals surface area contributed by atoms with Gasteiger partial charge in [0.15, 0.2) is 0 Å². The lowest BCUT2D eigenvalue weighted by Gasteiger charge is -2.19. The molecule has 0 radical (unpaired) electrons. The van der Waals surface area contributed by atoms with Crippen molar-refractivity contribution in [3.05, 3.63) is 0 Å². The van der Waals surface area contributed by atoms with Crippen molar-refractivity contribution in [3.63, 3.8) is 0 Å². The first-order valence-corrected chi connectivity index (χ1v) is 3.40. The monoisotopic (exact) mass is 148 g/mol. The van der Waals surface area contributed by atoms with Gasteiger partial charge in [-0.2, -0.15) is 0 Å². The number of hydrogen-bond donors (Lipinski definition) is 4. The van der Waals surface area contributed by atoms with Crippen LogP contribution in [0, 0.1) is 5.92 Å². The molecule has 0 heterocycles. The minimum atomic E-state index is -0.808. The molecule has 4 heteroatoms. The van der Waals surface area contributed by atoms with E-state index in [1.807, 2.05) is 13.8 Å². The van der Waals surface area contributed by atoms with Crippen molar-refractivity contribution < 1.29 is 10.2 Å². The van der Waals surface area contributed by atoms with Crippen molar-refractivity contribution in [2.45, 2.75) is 26.3 Å². The predicted octanol–water partition coefficient (Wildman–Crippen LogP) is -1.17. The average Bonchev–Trinajstić information content (AvgIpc) is 1.87. The van der Waals surface area contributed by atoms with Gasteiger partial charge in [-0.15, -0.1) is 0 Å². The Hall–Kier alpha value is -0.160. The molecule has 2 atom stereocenters. The molecule has 0 aromatic heterocycles. The van der Waals surface area contributed by atoms with Gasteiger partial charge >= 0.3 is 0 Å². The summed E-state index contributed by atoms with van der Waals surface area (Å²) in [7, 11) is 0. The van der Waals surface area contributed by atoms with Crippen molar-refractivity contribution in [1.29, 1.82) is 0 Å². The van der Waals surface area contributed by atoms with E-state index in [-0.39, 0.29) is 12.5 Å². The highest BCUT2D eigenvalue weighted by molar-refractivity contribution is 4.60. The van der Waals surface area contributed by atoms with Gasteiger partial charge in [-0.05, 0) is 5.92 Å². The number of nitrogens with two attached hydrogens (primary N) is 1. The normalized spacial score (nSPS) is 17.4. The van der Waals surface area contributed by atoms with Crippen LogP contribution in [0.25, 0.3) is 0 Å². The van der Waals surface area contributed by atoms with Gasteiger partial charge in [0, 0.05) is 6.54 Å². The Morgan fingerprint density at radius 1 is 1.40 bits per heavy atom. The van der Waals surface area contributed by atoms with Crippen LogP contribution in [0.3, 0.4) is 0 Å². The standard InChI is InChI=1S/C6H16N2O2/c1-4(2)6(10)8-5(9)3-7/h4-6,8-10H,3,7H2,1-2H3. The maximum absolute atomic E-state index is 9.10. The molecule has 0 aliphatic heterocycles. The summed E-state index contributed by atoms with van der Waals surface area (Å²) in [5.41, 5.74) is 5.10. The Labute approximate surface area is 61.0 Å². The van der Waals surface area contributed by atoms with E-state index in [2.05, 4.69) is 5.32 Å². The van der Waals surface area contributed by atoms with Crippen molar-refractivity contribution >= 4 is 0 Å². The van der Waals surface area contributed by atoms with Gasteiger partial charge in [-0.3, -0.25) is 5.32 Å². The molecule has 0 aromatic carbocycles. The first-order valence-electron chi connectivity index (χ1n) is 3.40. The zero-order valence-corrected chi connectivity index (χ0v) is 6.41. The first kappa shape index (κ1) is 9.84. The van der Waals surface area contributed by atoms with Crippen LogP contribution in [0.1, 0.15) is 13.8 Å². The van der Waals surface area contributed by atoms with Crippen molar-refractivity contribution in [2.75, 3.05) is 6.54 Å². The molecule has 0 aromatic rings. The van der Waals surface area contributed by atoms with Crippen LogP contribution < -0.4 is 11.1 Å². The summed E-state index contributed by atoms with van der Waals surface area (Å²) < 4.78 is 0. The quantitative estimate of drug-likeness (QED) is 0.379. The van der Waals surface area contributed by atoms with Gasteiger partial charge in [0.25, 0.3) is 0 Å². The average molecular weight is 148 g/mol. The predicted molar refractivity (Wildman–Crippen MR) is 39.0 cm³/mol. The van der Waals surface area contributed by atoms with Crippen LogP contribution in [0.4, 0.5) is 0 Å². The van der Waals surface area contributed by atoms with Gasteiger partial charge in [0.1, 0.15) is 12.5 Å². The largest absolute Gasteiger partial charge is 0.378 e.